The fraction of sp³-hybridized carbons (Fsp3) is 0.294. The molecular weight excluding hydrogens is 450 g/mol. The maximum absolute atomic E-state index is 13.1. The maximum Gasteiger partial charge on any atom is 0.335 e. The summed E-state index contributed by atoms with van der Waals surface area (Å²) in [4.78, 5) is 31.3. The van der Waals surface area contributed by atoms with Crippen LogP contribution in [0.3, 0.4) is 0 Å². The molecule has 0 bridgehead atoms. The van der Waals surface area contributed by atoms with Crippen molar-refractivity contribution in [2.75, 3.05) is 45.7 Å². The quantitative estimate of drug-likeness (QED) is 0.510. The summed E-state index contributed by atoms with van der Waals surface area (Å²) in [5.41, 5.74) is 0.0283. The second-order valence-corrected chi connectivity index (χ2v) is 7.61. The van der Waals surface area contributed by atoms with Gasteiger partial charge in [-0.1, -0.05) is 0 Å². The first-order valence-electron chi connectivity index (χ1n) is 8.74. The molecular formula is C17H19N5O9S. The number of carbonyl (C=O) groups excluding carboxylic acids is 2. The van der Waals surface area contributed by atoms with Crippen molar-refractivity contribution in [2.45, 2.75) is 4.90 Å². The zero-order chi connectivity index (χ0) is 23.5. The van der Waals surface area contributed by atoms with Gasteiger partial charge in [0.05, 0.1) is 40.2 Å². The van der Waals surface area contributed by atoms with Crippen molar-refractivity contribution in [3.63, 3.8) is 0 Å². The van der Waals surface area contributed by atoms with Crippen LogP contribution in [-0.4, -0.2) is 65.4 Å². The Hall–Kier alpha value is -4.01. The summed E-state index contributed by atoms with van der Waals surface area (Å²) in [6.07, 6.45) is 0. The molecule has 0 spiro atoms. The third-order valence-corrected chi connectivity index (χ3v) is 5.38. The average molecular weight is 469 g/mol. The summed E-state index contributed by atoms with van der Waals surface area (Å²) in [7, 11) is 0.561. The molecule has 2 aromatic rings. The number of anilines is 2. The lowest BCUT2D eigenvalue weighted by atomic mass is 10.2. The van der Waals surface area contributed by atoms with Crippen molar-refractivity contribution in [2.24, 2.45) is 0 Å². The largest absolute Gasteiger partial charge is 0.493 e. The molecule has 0 radical (unpaired) electrons. The monoisotopic (exact) mass is 469 g/mol. The minimum Gasteiger partial charge on any atom is -0.493 e. The molecule has 0 fully saturated rings. The van der Waals surface area contributed by atoms with E-state index >= 15 is 0 Å². The first-order chi connectivity index (χ1) is 15.2. The number of benzene rings is 1. The van der Waals surface area contributed by atoms with Gasteiger partial charge in [0.1, 0.15) is 0 Å². The van der Waals surface area contributed by atoms with Crippen molar-refractivity contribution >= 4 is 33.6 Å². The summed E-state index contributed by atoms with van der Waals surface area (Å²) < 4.78 is 53.6. The van der Waals surface area contributed by atoms with E-state index in [1.807, 2.05) is 4.72 Å². The molecule has 3 amide bonds. The minimum absolute atomic E-state index is 0.0151. The number of fused-ring (bicyclic) bond motifs is 1. The zero-order valence-corrected chi connectivity index (χ0v) is 18.2. The smallest absolute Gasteiger partial charge is 0.335 e. The molecule has 0 atom stereocenters. The Morgan fingerprint density at radius 2 is 1.72 bits per heavy atom. The second-order valence-electron chi connectivity index (χ2n) is 5.99. The molecule has 1 aromatic carbocycles. The molecule has 1 aliphatic rings. The van der Waals surface area contributed by atoms with Gasteiger partial charge in [0.15, 0.2) is 28.8 Å². The van der Waals surface area contributed by atoms with Gasteiger partial charge in [-0.05, 0) is 0 Å². The second kappa shape index (κ2) is 9.01. The number of carbonyl (C=O) groups is 2. The SMILES string of the molecule is COc1cc(OC)nc(NC(=O)NS(=O)(=O)c2c3c(cc(OC)c2OC)NC(=O)CO3)n1. The van der Waals surface area contributed by atoms with Crippen molar-refractivity contribution in [3.8, 4) is 29.0 Å². The fourth-order valence-electron chi connectivity index (χ4n) is 2.72. The predicted molar refractivity (Wildman–Crippen MR) is 108 cm³/mol. The van der Waals surface area contributed by atoms with Crippen LogP contribution in [0.15, 0.2) is 17.0 Å². The Morgan fingerprint density at radius 3 is 2.28 bits per heavy atom. The summed E-state index contributed by atoms with van der Waals surface area (Å²) in [5, 5.41) is 4.65. The van der Waals surface area contributed by atoms with Crippen LogP contribution in [0.25, 0.3) is 0 Å². The van der Waals surface area contributed by atoms with Gasteiger partial charge in [-0.3, -0.25) is 10.1 Å². The molecule has 3 rings (SSSR count). The van der Waals surface area contributed by atoms with Crippen molar-refractivity contribution in [1.82, 2.24) is 14.7 Å². The molecule has 1 aliphatic heterocycles. The lowest BCUT2D eigenvalue weighted by Crippen LogP contribution is -2.36. The first-order valence-corrected chi connectivity index (χ1v) is 10.2. The number of rotatable bonds is 7. The molecule has 1 aromatic heterocycles. The van der Waals surface area contributed by atoms with Gasteiger partial charge in [-0.2, -0.15) is 9.97 Å². The molecule has 3 N–H and O–H groups in total. The van der Waals surface area contributed by atoms with Gasteiger partial charge in [-0.15, -0.1) is 0 Å². The molecule has 0 saturated carbocycles. The molecule has 15 heteroatoms. The van der Waals surface area contributed by atoms with Gasteiger partial charge in [0.25, 0.3) is 15.9 Å². The van der Waals surface area contributed by atoms with E-state index in [1.54, 1.807) is 0 Å². The van der Waals surface area contributed by atoms with Gasteiger partial charge in [0.2, 0.25) is 17.7 Å². The number of aromatic nitrogens is 2. The van der Waals surface area contributed by atoms with Crippen LogP contribution in [0.1, 0.15) is 0 Å². The Balaban J connectivity index is 1.97. The Morgan fingerprint density at radius 1 is 1.06 bits per heavy atom. The zero-order valence-electron chi connectivity index (χ0n) is 17.3. The number of nitrogens with zero attached hydrogens (tertiary/aromatic N) is 2. The minimum atomic E-state index is -4.61. The number of hydrogen-bond donors (Lipinski definition) is 3. The van der Waals surface area contributed by atoms with E-state index in [2.05, 4.69) is 20.6 Å². The van der Waals surface area contributed by atoms with E-state index in [9.17, 15) is 18.0 Å². The number of hydrogen-bond acceptors (Lipinski definition) is 11. The first kappa shape index (κ1) is 22.7. The molecule has 0 unspecified atom stereocenters. The number of methoxy groups -OCH3 is 4. The summed E-state index contributed by atoms with van der Waals surface area (Å²) in [6, 6.07) is 1.50. The van der Waals surface area contributed by atoms with Gasteiger partial charge < -0.3 is 29.0 Å². The Labute approximate surface area is 182 Å². The van der Waals surface area contributed by atoms with Crippen LogP contribution in [-0.2, 0) is 14.8 Å². The number of amides is 3. The van der Waals surface area contributed by atoms with E-state index in [-0.39, 0.29) is 40.6 Å². The summed E-state index contributed by atoms with van der Waals surface area (Å²) in [5.74, 6) is -1.10. The summed E-state index contributed by atoms with van der Waals surface area (Å²) >= 11 is 0. The fourth-order valence-corrected chi connectivity index (χ4v) is 3.96. The van der Waals surface area contributed by atoms with E-state index < -0.39 is 33.5 Å². The predicted octanol–water partition coefficient (Wildman–Crippen LogP) is 0.352. The molecule has 0 aliphatic carbocycles. The van der Waals surface area contributed by atoms with Crippen LogP contribution in [0, 0.1) is 0 Å². The highest BCUT2D eigenvalue weighted by Crippen LogP contribution is 2.46. The number of sulfonamides is 1. The highest BCUT2D eigenvalue weighted by molar-refractivity contribution is 7.90. The standard InChI is InChI=1S/C17H19N5O9S/c1-27-9-5-8-13(31-7-10(23)18-8)15(14(9)30-4)32(25,26)22-17(24)21-16-19-11(28-2)6-12(20-16)29-3/h5-6H,7H2,1-4H3,(H,18,23)(H2,19,20,21,22,24). The van der Waals surface area contributed by atoms with Crippen LogP contribution in [0.2, 0.25) is 0 Å². The van der Waals surface area contributed by atoms with Crippen molar-refractivity contribution in [3.05, 3.63) is 12.1 Å². The van der Waals surface area contributed by atoms with E-state index in [1.165, 1.54) is 40.6 Å². The van der Waals surface area contributed by atoms with Crippen LogP contribution in [0.4, 0.5) is 16.4 Å². The van der Waals surface area contributed by atoms with Crippen LogP contribution in [0.5, 0.6) is 29.0 Å². The van der Waals surface area contributed by atoms with Gasteiger partial charge >= 0.3 is 6.03 Å². The molecule has 32 heavy (non-hydrogen) atoms. The average Bonchev–Trinajstić information content (AvgIpc) is 2.76. The van der Waals surface area contributed by atoms with Crippen molar-refractivity contribution < 1.29 is 41.7 Å². The normalized spacial score (nSPS) is 12.6. The lowest BCUT2D eigenvalue weighted by molar-refractivity contribution is -0.118. The lowest BCUT2D eigenvalue weighted by Gasteiger charge is -2.23. The third kappa shape index (κ3) is 4.51. The molecule has 14 nitrogen and oxygen atoms in total. The maximum atomic E-state index is 13.1. The molecule has 172 valence electrons. The van der Waals surface area contributed by atoms with E-state index in [4.69, 9.17) is 23.7 Å². The Kier molecular flexibility index (Phi) is 6.38. The van der Waals surface area contributed by atoms with E-state index in [0.29, 0.717) is 0 Å². The van der Waals surface area contributed by atoms with Crippen LogP contribution < -0.4 is 39.0 Å². The van der Waals surface area contributed by atoms with E-state index in [0.717, 1.165) is 0 Å². The van der Waals surface area contributed by atoms with Gasteiger partial charge in [0, 0.05) is 6.07 Å². The van der Waals surface area contributed by atoms with Crippen LogP contribution >= 0.6 is 0 Å². The topological polar surface area (TPSA) is 176 Å². The van der Waals surface area contributed by atoms with Gasteiger partial charge in [-0.25, -0.2) is 17.9 Å². The summed E-state index contributed by atoms with van der Waals surface area (Å²) in [6.45, 7) is -0.436. The highest BCUT2D eigenvalue weighted by atomic mass is 32.2. The van der Waals surface area contributed by atoms with Crippen molar-refractivity contribution in [1.29, 1.82) is 0 Å². The molecule has 2 heterocycles. The third-order valence-electron chi connectivity index (χ3n) is 4.02. The number of urea groups is 1. The Bertz CT molecular complexity index is 1150. The highest BCUT2D eigenvalue weighted by Gasteiger charge is 2.35. The number of nitrogens with one attached hydrogen (secondary N) is 3. The number of ether oxygens (including phenoxy) is 5. The molecule has 0 saturated heterocycles.